The van der Waals surface area contributed by atoms with Gasteiger partial charge in [0.25, 0.3) is 0 Å². The van der Waals surface area contributed by atoms with Crippen LogP contribution < -0.4 is 0 Å². The van der Waals surface area contributed by atoms with Crippen LogP contribution in [0.4, 0.5) is 0 Å². The number of rotatable bonds is 4. The number of hydrogen-bond acceptors (Lipinski definition) is 3. The molecule has 1 rings (SSSR count). The molecule has 0 N–H and O–H groups in total. The van der Waals surface area contributed by atoms with E-state index in [2.05, 4.69) is 27.4 Å². The minimum atomic E-state index is 0. The molecule has 1 aliphatic heterocycles. The predicted molar refractivity (Wildman–Crippen MR) is 52.7 cm³/mol. The second kappa shape index (κ2) is 18.6. The molecule has 7 heteroatoms. The van der Waals surface area contributed by atoms with Crippen LogP contribution in [0, 0.1) is 13.2 Å². The Hall–Kier alpha value is 2.65. The van der Waals surface area contributed by atoms with Gasteiger partial charge in [0.15, 0.2) is 0 Å². The van der Waals surface area contributed by atoms with Crippen molar-refractivity contribution in [3.63, 3.8) is 0 Å². The zero-order chi connectivity index (χ0) is 9.52. The molecule has 4 radical (unpaired) electrons. The van der Waals surface area contributed by atoms with Gasteiger partial charge in [0, 0.05) is 131 Å². The monoisotopic (exact) mass is 525 g/mol. The van der Waals surface area contributed by atoms with Gasteiger partial charge in [-0.1, -0.05) is 12.6 Å². The van der Waals surface area contributed by atoms with Crippen molar-refractivity contribution in [3.05, 3.63) is 37.3 Å². The zero-order valence-electron chi connectivity index (χ0n) is 9.24. The summed E-state index contributed by atoms with van der Waals surface area (Å²) in [7, 11) is 0. The number of allylic oxidation sites excluding steroid dienone is 2. The SMILES string of the molecule is [CH-]=CN=[C-]C1=CCC([C-]=NC=[CH-])=N1.[Y].[Y].[Y].[Y]. The molecule has 0 amide bonds. The van der Waals surface area contributed by atoms with Crippen molar-refractivity contribution in [2.24, 2.45) is 15.0 Å². The summed E-state index contributed by atoms with van der Waals surface area (Å²) in [4.78, 5) is 11.3. The van der Waals surface area contributed by atoms with Crippen molar-refractivity contribution < 1.29 is 131 Å². The van der Waals surface area contributed by atoms with E-state index in [-0.39, 0.29) is 131 Å². The predicted octanol–water partition coefficient (Wildman–Crippen LogP) is 1.49. The third kappa shape index (κ3) is 13.4. The minimum Gasteiger partial charge on any atom is -0.601 e. The smallest absolute Gasteiger partial charge is 0 e. The van der Waals surface area contributed by atoms with Crippen LogP contribution in [0.2, 0.25) is 0 Å². The van der Waals surface area contributed by atoms with Crippen molar-refractivity contribution in [1.29, 1.82) is 0 Å². The van der Waals surface area contributed by atoms with E-state index < -0.39 is 0 Å². The molecule has 0 bridgehead atoms. The molecule has 0 aromatic heterocycles. The quantitative estimate of drug-likeness (QED) is 0.395. The molecular formula is C10H7N3Y4-4. The Morgan fingerprint density at radius 1 is 1.06 bits per heavy atom. The molecule has 0 aromatic carbocycles. The average molecular weight is 525 g/mol. The first kappa shape index (κ1) is 27.9. The van der Waals surface area contributed by atoms with E-state index >= 15 is 0 Å². The summed E-state index contributed by atoms with van der Waals surface area (Å²) in [5.41, 5.74) is 1.34. The summed E-state index contributed by atoms with van der Waals surface area (Å²) in [6.07, 6.45) is 10.1. The molecule has 17 heavy (non-hydrogen) atoms. The molecule has 3 nitrogen and oxygen atoms in total. The average Bonchev–Trinajstić information content (AvgIpc) is 2.59. The largest absolute Gasteiger partial charge is 0.601 e. The summed E-state index contributed by atoms with van der Waals surface area (Å²) < 4.78 is 0. The van der Waals surface area contributed by atoms with Crippen molar-refractivity contribution in [2.45, 2.75) is 6.42 Å². The van der Waals surface area contributed by atoms with Gasteiger partial charge in [0.05, 0.1) is 0 Å². The standard InChI is InChI=1S/C10H7N3.4Y/c1-3-11-7-9-5-6-10(13-9)8-12-4-2;;;;/h1-5H,6H2;;;;/q-4;;;;. The molecule has 78 valence electrons. The molecular weight excluding hydrogens is 518 g/mol. The number of hydrogen-bond donors (Lipinski definition) is 0. The molecule has 0 aromatic rings. The van der Waals surface area contributed by atoms with Gasteiger partial charge in [-0.25, -0.2) is 0 Å². The zero-order valence-corrected chi connectivity index (χ0v) is 20.6. The Labute approximate surface area is 203 Å². The van der Waals surface area contributed by atoms with Crippen LogP contribution >= 0.6 is 0 Å². The second-order valence-electron chi connectivity index (χ2n) is 2.13. The summed E-state index contributed by atoms with van der Waals surface area (Å²) in [5.74, 6) is 0. The molecule has 0 saturated heterocycles. The van der Waals surface area contributed by atoms with Crippen LogP contribution in [0.3, 0.4) is 0 Å². The van der Waals surface area contributed by atoms with Crippen LogP contribution in [0.25, 0.3) is 0 Å². The van der Waals surface area contributed by atoms with Crippen molar-refractivity contribution >= 4 is 18.1 Å². The first-order valence-electron chi connectivity index (χ1n) is 3.63. The molecule has 0 aliphatic carbocycles. The van der Waals surface area contributed by atoms with Crippen LogP contribution in [0.15, 0.2) is 39.2 Å². The Morgan fingerprint density at radius 2 is 1.59 bits per heavy atom. The van der Waals surface area contributed by atoms with Crippen LogP contribution in [0.5, 0.6) is 0 Å². The van der Waals surface area contributed by atoms with Crippen LogP contribution in [-0.4, -0.2) is 18.1 Å². The van der Waals surface area contributed by atoms with Crippen LogP contribution in [-0.2, 0) is 131 Å². The normalized spacial score (nSPS) is 12.5. The summed E-state index contributed by atoms with van der Waals surface area (Å²) in [5, 5.41) is 0. The van der Waals surface area contributed by atoms with E-state index in [0.29, 0.717) is 17.8 Å². The summed E-state index contributed by atoms with van der Waals surface area (Å²) >= 11 is 0. The Kier molecular flexibility index (Phi) is 30.6. The molecule has 0 fully saturated rings. The summed E-state index contributed by atoms with van der Waals surface area (Å²) in [6.45, 7) is 10.1. The van der Waals surface area contributed by atoms with Gasteiger partial charge in [-0.05, 0) is 11.4 Å². The molecule has 1 aliphatic rings. The number of nitrogens with zero attached hydrogens (tertiary/aromatic N) is 3. The first-order chi connectivity index (χ1) is 6.36. The number of aliphatic imine (C=N–C) groups is 3. The molecule has 0 atom stereocenters. The van der Waals surface area contributed by atoms with E-state index in [1.165, 1.54) is 0 Å². The van der Waals surface area contributed by atoms with E-state index in [0.717, 1.165) is 12.4 Å². The van der Waals surface area contributed by atoms with Crippen molar-refractivity contribution in [1.82, 2.24) is 0 Å². The maximum atomic E-state index is 5.04. The van der Waals surface area contributed by atoms with Gasteiger partial charge in [0.2, 0.25) is 0 Å². The van der Waals surface area contributed by atoms with Gasteiger partial charge in [-0.2, -0.15) is 0 Å². The Bertz CT molecular complexity index is 332. The van der Waals surface area contributed by atoms with Crippen molar-refractivity contribution in [2.75, 3.05) is 0 Å². The molecule has 1 heterocycles. The van der Waals surface area contributed by atoms with Crippen LogP contribution in [0.1, 0.15) is 6.42 Å². The van der Waals surface area contributed by atoms with E-state index in [1.54, 1.807) is 0 Å². The maximum absolute atomic E-state index is 5.04. The molecule has 0 unspecified atom stereocenters. The Morgan fingerprint density at radius 3 is 2.12 bits per heavy atom. The van der Waals surface area contributed by atoms with Crippen molar-refractivity contribution in [3.8, 4) is 0 Å². The maximum Gasteiger partial charge on any atom is 0 e. The van der Waals surface area contributed by atoms with Gasteiger partial charge < -0.3 is 29.3 Å². The van der Waals surface area contributed by atoms with Gasteiger partial charge in [0.1, 0.15) is 0 Å². The topological polar surface area (TPSA) is 37.1 Å². The van der Waals surface area contributed by atoms with Gasteiger partial charge >= 0.3 is 0 Å². The Balaban J connectivity index is -0.000000211. The summed E-state index contributed by atoms with van der Waals surface area (Å²) in [6, 6.07) is 0. The van der Waals surface area contributed by atoms with E-state index in [1.807, 2.05) is 6.08 Å². The second-order valence-corrected chi connectivity index (χ2v) is 2.13. The first-order valence-corrected chi connectivity index (χ1v) is 3.63. The molecule has 0 spiro atoms. The van der Waals surface area contributed by atoms with E-state index in [9.17, 15) is 0 Å². The van der Waals surface area contributed by atoms with E-state index in [4.69, 9.17) is 13.2 Å². The third-order valence-electron chi connectivity index (χ3n) is 1.27. The minimum absolute atomic E-state index is 0. The van der Waals surface area contributed by atoms with Gasteiger partial charge in [-0.3, -0.25) is 11.2 Å². The molecule has 0 saturated carbocycles. The fourth-order valence-corrected chi connectivity index (χ4v) is 0.787. The third-order valence-corrected chi connectivity index (χ3v) is 1.27. The fourth-order valence-electron chi connectivity index (χ4n) is 0.787. The van der Waals surface area contributed by atoms with Gasteiger partial charge in [-0.15, -0.1) is 12.3 Å². The fraction of sp³-hybridized carbons (Fsp3) is 0.100.